The van der Waals surface area contributed by atoms with Gasteiger partial charge in [-0.15, -0.1) is 0 Å². The fourth-order valence-electron chi connectivity index (χ4n) is 3.09. The number of sulfonamides is 1. The number of hydrogen-bond donors (Lipinski definition) is 2. The van der Waals surface area contributed by atoms with Crippen LogP contribution >= 0.6 is 0 Å². The highest BCUT2D eigenvalue weighted by atomic mass is 32.2. The zero-order valence-corrected chi connectivity index (χ0v) is 20.4. The van der Waals surface area contributed by atoms with Crippen molar-refractivity contribution in [2.75, 3.05) is 10.0 Å². The Kier molecular flexibility index (Phi) is 7.12. The first-order valence-electron chi connectivity index (χ1n) is 10.7. The van der Waals surface area contributed by atoms with Crippen LogP contribution in [-0.4, -0.2) is 20.4 Å². The van der Waals surface area contributed by atoms with E-state index in [0.717, 1.165) is 5.56 Å². The molecular weight excluding hydrogens is 436 g/mol. The van der Waals surface area contributed by atoms with E-state index in [4.69, 9.17) is 4.74 Å². The van der Waals surface area contributed by atoms with E-state index >= 15 is 0 Å². The van der Waals surface area contributed by atoms with Gasteiger partial charge in [0.25, 0.3) is 15.9 Å². The Balaban J connectivity index is 1.60. The predicted molar refractivity (Wildman–Crippen MR) is 132 cm³/mol. The van der Waals surface area contributed by atoms with Gasteiger partial charge in [0.15, 0.2) is 6.10 Å². The van der Waals surface area contributed by atoms with E-state index in [-0.39, 0.29) is 16.2 Å². The Morgan fingerprint density at radius 2 is 1.39 bits per heavy atom. The Labute approximate surface area is 196 Å². The number of hydrogen-bond acceptors (Lipinski definition) is 4. The summed E-state index contributed by atoms with van der Waals surface area (Å²) < 4.78 is 33.5. The van der Waals surface area contributed by atoms with Crippen molar-refractivity contribution < 1.29 is 17.9 Å². The minimum Gasteiger partial charge on any atom is -0.481 e. The van der Waals surface area contributed by atoms with Crippen LogP contribution in [0, 0.1) is 6.92 Å². The summed E-state index contributed by atoms with van der Waals surface area (Å²) in [4.78, 5) is 12.6. The van der Waals surface area contributed by atoms with Crippen LogP contribution in [0.3, 0.4) is 0 Å². The highest BCUT2D eigenvalue weighted by Gasteiger charge is 2.18. The van der Waals surface area contributed by atoms with Crippen LogP contribution in [-0.2, 0) is 20.2 Å². The highest BCUT2D eigenvalue weighted by Crippen LogP contribution is 2.25. The van der Waals surface area contributed by atoms with Crippen molar-refractivity contribution in [1.29, 1.82) is 0 Å². The first-order chi connectivity index (χ1) is 15.4. The van der Waals surface area contributed by atoms with E-state index < -0.39 is 16.1 Å². The summed E-state index contributed by atoms with van der Waals surface area (Å²) in [7, 11) is -3.73. The number of anilines is 2. The quantitative estimate of drug-likeness (QED) is 0.482. The average molecular weight is 467 g/mol. The molecule has 0 bridgehead atoms. The van der Waals surface area contributed by atoms with Crippen molar-refractivity contribution in [3.05, 3.63) is 83.9 Å². The number of rotatable bonds is 7. The molecule has 0 aromatic heterocycles. The average Bonchev–Trinajstić information content (AvgIpc) is 2.75. The number of amides is 1. The van der Waals surface area contributed by atoms with Crippen molar-refractivity contribution in [1.82, 2.24) is 0 Å². The molecule has 0 unspecified atom stereocenters. The molecule has 0 fully saturated rings. The molecule has 1 atom stereocenters. The summed E-state index contributed by atoms with van der Waals surface area (Å²) in [6.45, 7) is 9.99. The fraction of sp³-hybridized carbons (Fsp3) is 0.269. The largest absolute Gasteiger partial charge is 0.481 e. The van der Waals surface area contributed by atoms with Crippen LogP contribution in [0.2, 0.25) is 0 Å². The highest BCUT2D eigenvalue weighted by molar-refractivity contribution is 7.92. The third-order valence-corrected chi connectivity index (χ3v) is 6.54. The molecule has 0 aliphatic carbocycles. The normalized spacial score (nSPS) is 12.6. The molecule has 0 saturated carbocycles. The van der Waals surface area contributed by atoms with Gasteiger partial charge in [0, 0.05) is 11.4 Å². The number of carbonyl (C=O) groups excluding carboxylic acids is 1. The molecular formula is C26H30N2O4S. The van der Waals surface area contributed by atoms with Crippen LogP contribution < -0.4 is 14.8 Å². The van der Waals surface area contributed by atoms with Gasteiger partial charge in [-0.05, 0) is 73.4 Å². The van der Waals surface area contributed by atoms with Gasteiger partial charge in [-0.25, -0.2) is 8.42 Å². The van der Waals surface area contributed by atoms with Crippen LogP contribution in [0.4, 0.5) is 11.4 Å². The molecule has 0 aliphatic rings. The molecule has 0 heterocycles. The minimum absolute atomic E-state index is 0.0385. The SMILES string of the molecule is Cc1ccc(NS(=O)(=O)c2ccc(NC(=O)[C@H](C)Oc3ccc(C(C)(C)C)cc3)cc2)cc1. The maximum Gasteiger partial charge on any atom is 0.265 e. The van der Waals surface area contributed by atoms with Gasteiger partial charge in [0.2, 0.25) is 0 Å². The lowest BCUT2D eigenvalue weighted by Crippen LogP contribution is -2.30. The molecule has 0 radical (unpaired) electrons. The number of benzene rings is 3. The number of nitrogens with one attached hydrogen (secondary N) is 2. The molecule has 3 rings (SSSR count). The maximum absolute atomic E-state index is 12.6. The van der Waals surface area contributed by atoms with Crippen molar-refractivity contribution in [3.63, 3.8) is 0 Å². The molecule has 174 valence electrons. The van der Waals surface area contributed by atoms with Gasteiger partial charge < -0.3 is 10.1 Å². The van der Waals surface area contributed by atoms with Crippen molar-refractivity contribution in [2.24, 2.45) is 0 Å². The van der Waals surface area contributed by atoms with Crippen LogP contribution in [0.5, 0.6) is 5.75 Å². The fourth-order valence-corrected chi connectivity index (χ4v) is 4.15. The molecule has 33 heavy (non-hydrogen) atoms. The lowest BCUT2D eigenvalue weighted by Gasteiger charge is -2.20. The van der Waals surface area contributed by atoms with Gasteiger partial charge >= 0.3 is 0 Å². The topological polar surface area (TPSA) is 84.5 Å². The first-order valence-corrected chi connectivity index (χ1v) is 12.2. The Hall–Kier alpha value is -3.32. The number of carbonyl (C=O) groups is 1. The predicted octanol–water partition coefficient (Wildman–Crippen LogP) is 5.50. The first kappa shape index (κ1) is 24.3. The molecule has 3 aromatic rings. The van der Waals surface area contributed by atoms with Crippen molar-refractivity contribution in [3.8, 4) is 5.75 Å². The standard InChI is InChI=1S/C26H30N2O4S/c1-18-6-10-22(11-7-18)28-33(30,31)24-16-12-21(13-17-24)27-25(29)19(2)32-23-14-8-20(9-15-23)26(3,4)5/h6-17,19,28H,1-5H3,(H,27,29)/t19-/m0/s1. The third-order valence-electron chi connectivity index (χ3n) is 5.14. The molecule has 0 aliphatic heterocycles. The van der Waals surface area contributed by atoms with Gasteiger partial charge in [-0.2, -0.15) is 0 Å². The summed E-state index contributed by atoms with van der Waals surface area (Å²) in [6, 6.07) is 20.8. The van der Waals surface area contributed by atoms with E-state index in [0.29, 0.717) is 17.1 Å². The monoisotopic (exact) mass is 466 g/mol. The second kappa shape index (κ2) is 9.67. The Morgan fingerprint density at radius 3 is 1.94 bits per heavy atom. The van der Waals surface area contributed by atoms with E-state index in [1.54, 1.807) is 31.2 Å². The lowest BCUT2D eigenvalue weighted by molar-refractivity contribution is -0.122. The molecule has 2 N–H and O–H groups in total. The van der Waals surface area contributed by atoms with E-state index in [9.17, 15) is 13.2 Å². The molecule has 1 amide bonds. The molecule has 6 nitrogen and oxygen atoms in total. The molecule has 0 saturated heterocycles. The number of ether oxygens (including phenoxy) is 1. The van der Waals surface area contributed by atoms with Gasteiger partial charge in [0.05, 0.1) is 4.90 Å². The van der Waals surface area contributed by atoms with E-state index in [1.165, 1.54) is 17.7 Å². The number of aryl methyl sites for hydroxylation is 1. The van der Waals surface area contributed by atoms with Crippen molar-refractivity contribution in [2.45, 2.75) is 51.0 Å². The second-order valence-corrected chi connectivity index (χ2v) is 10.7. The van der Waals surface area contributed by atoms with E-state index in [1.807, 2.05) is 43.3 Å². The molecule has 3 aromatic carbocycles. The molecule has 7 heteroatoms. The maximum atomic E-state index is 12.6. The van der Waals surface area contributed by atoms with Gasteiger partial charge in [-0.1, -0.05) is 50.6 Å². The zero-order chi connectivity index (χ0) is 24.2. The van der Waals surface area contributed by atoms with E-state index in [2.05, 4.69) is 30.8 Å². The summed E-state index contributed by atoms with van der Waals surface area (Å²) in [5.41, 5.74) is 3.22. The smallest absolute Gasteiger partial charge is 0.265 e. The van der Waals surface area contributed by atoms with Gasteiger partial charge in [-0.3, -0.25) is 9.52 Å². The second-order valence-electron chi connectivity index (χ2n) is 9.02. The lowest BCUT2D eigenvalue weighted by atomic mass is 9.87. The summed E-state index contributed by atoms with van der Waals surface area (Å²) in [5.74, 6) is 0.276. The Bertz CT molecular complexity index is 1200. The Morgan fingerprint density at radius 1 is 0.848 bits per heavy atom. The third kappa shape index (κ3) is 6.58. The zero-order valence-electron chi connectivity index (χ0n) is 19.5. The minimum atomic E-state index is -3.73. The van der Waals surface area contributed by atoms with Gasteiger partial charge in [0.1, 0.15) is 5.75 Å². The summed E-state index contributed by atoms with van der Waals surface area (Å²) in [6.07, 6.45) is -0.725. The van der Waals surface area contributed by atoms with Crippen molar-refractivity contribution >= 4 is 27.3 Å². The summed E-state index contributed by atoms with van der Waals surface area (Å²) >= 11 is 0. The van der Waals surface area contributed by atoms with Crippen LogP contribution in [0.15, 0.2) is 77.7 Å². The van der Waals surface area contributed by atoms with Crippen LogP contribution in [0.1, 0.15) is 38.8 Å². The summed E-state index contributed by atoms with van der Waals surface area (Å²) in [5, 5.41) is 2.75. The molecule has 0 spiro atoms. The van der Waals surface area contributed by atoms with Crippen LogP contribution in [0.25, 0.3) is 0 Å².